The molecule has 0 radical (unpaired) electrons. The Bertz CT molecular complexity index is 843. The molecule has 1 amide bonds. The van der Waals surface area contributed by atoms with E-state index < -0.39 is 0 Å². The van der Waals surface area contributed by atoms with Crippen molar-refractivity contribution in [1.82, 2.24) is 14.8 Å². The minimum atomic E-state index is 0.0499. The Kier molecular flexibility index (Phi) is 5.54. The molecule has 0 spiro atoms. The molecule has 1 atom stereocenters. The molecule has 0 saturated carbocycles. The van der Waals surface area contributed by atoms with Gasteiger partial charge in [0.25, 0.3) is 5.91 Å². The van der Waals surface area contributed by atoms with Gasteiger partial charge in [-0.15, -0.1) is 0 Å². The summed E-state index contributed by atoms with van der Waals surface area (Å²) in [6, 6.07) is 10.4. The number of hydrogen-bond donors (Lipinski definition) is 0. The topological polar surface area (TPSA) is 45.7 Å². The molecule has 2 aliphatic rings. The highest BCUT2D eigenvalue weighted by Gasteiger charge is 2.26. The molecule has 1 aromatic carbocycles. The third-order valence-corrected chi connectivity index (χ3v) is 6.16. The Hall–Kier alpha value is -2.14. The van der Waals surface area contributed by atoms with Crippen LogP contribution in [0.15, 0.2) is 30.3 Å². The number of amides is 1. The fourth-order valence-corrected chi connectivity index (χ4v) is 4.18. The predicted molar refractivity (Wildman–Crippen MR) is 112 cm³/mol. The average Bonchev–Trinajstić information content (AvgIpc) is 3.16. The summed E-state index contributed by atoms with van der Waals surface area (Å²) in [7, 11) is 0. The zero-order valence-electron chi connectivity index (χ0n) is 17.2. The number of aromatic nitrogens is 1. The molecule has 150 valence electrons. The van der Waals surface area contributed by atoms with Crippen LogP contribution in [0.1, 0.15) is 50.5 Å². The number of hydrogen-bond acceptors (Lipinski definition) is 4. The molecule has 1 aromatic heterocycles. The third kappa shape index (κ3) is 4.14. The molecule has 5 nitrogen and oxygen atoms in total. The summed E-state index contributed by atoms with van der Waals surface area (Å²) in [6.07, 6.45) is 3.47. The van der Waals surface area contributed by atoms with Gasteiger partial charge in [0, 0.05) is 37.6 Å². The Labute approximate surface area is 167 Å². The van der Waals surface area contributed by atoms with E-state index in [9.17, 15) is 4.79 Å². The molecule has 3 heterocycles. The summed E-state index contributed by atoms with van der Waals surface area (Å²) >= 11 is 0. The van der Waals surface area contributed by atoms with E-state index in [1.54, 1.807) is 0 Å². The lowest BCUT2D eigenvalue weighted by Crippen LogP contribution is -2.38. The highest BCUT2D eigenvalue weighted by atomic mass is 16.5. The van der Waals surface area contributed by atoms with Gasteiger partial charge in [0.15, 0.2) is 0 Å². The van der Waals surface area contributed by atoms with Crippen LogP contribution in [0.5, 0.6) is 5.75 Å². The van der Waals surface area contributed by atoms with Crippen molar-refractivity contribution in [2.24, 2.45) is 5.92 Å². The number of carbonyl (C=O) groups is 1. The van der Waals surface area contributed by atoms with Crippen LogP contribution in [0.3, 0.4) is 0 Å². The monoisotopic (exact) mass is 381 g/mol. The highest BCUT2D eigenvalue weighted by Crippen LogP contribution is 2.25. The quantitative estimate of drug-likeness (QED) is 0.804. The van der Waals surface area contributed by atoms with Crippen LogP contribution in [0.25, 0.3) is 10.9 Å². The van der Waals surface area contributed by atoms with Crippen molar-refractivity contribution in [3.8, 4) is 5.75 Å². The Morgan fingerprint density at radius 3 is 2.61 bits per heavy atom. The van der Waals surface area contributed by atoms with Gasteiger partial charge in [-0.25, -0.2) is 4.98 Å². The third-order valence-electron chi connectivity index (χ3n) is 6.16. The number of ether oxygens (including phenoxy) is 1. The number of fused-ring (bicyclic) bond motifs is 1. The van der Waals surface area contributed by atoms with E-state index in [1.807, 2.05) is 35.2 Å². The first kappa shape index (κ1) is 19.2. The second-order valence-corrected chi connectivity index (χ2v) is 8.64. The summed E-state index contributed by atoms with van der Waals surface area (Å²) < 4.78 is 6.20. The maximum atomic E-state index is 12.8. The van der Waals surface area contributed by atoms with E-state index in [-0.39, 0.29) is 12.0 Å². The summed E-state index contributed by atoms with van der Waals surface area (Å²) in [5.74, 6) is 1.64. The summed E-state index contributed by atoms with van der Waals surface area (Å²) in [5, 5.41) is 1.01. The van der Waals surface area contributed by atoms with Crippen LogP contribution in [-0.2, 0) is 0 Å². The van der Waals surface area contributed by atoms with Gasteiger partial charge in [0.1, 0.15) is 17.5 Å². The molecule has 5 heteroatoms. The number of nitrogens with zero attached hydrogens (tertiary/aromatic N) is 3. The second-order valence-electron chi connectivity index (χ2n) is 8.64. The smallest absolute Gasteiger partial charge is 0.272 e. The second kappa shape index (κ2) is 8.08. The molecule has 4 rings (SSSR count). The van der Waals surface area contributed by atoms with Crippen LogP contribution in [0, 0.1) is 5.92 Å². The Morgan fingerprint density at radius 1 is 1.11 bits per heavy atom. The standard InChI is InChI=1S/C23H31N3O2/c1-16(2)26-13-10-20(15-26)28-19-5-7-21-18(14-19)4-6-22(24-21)23(27)25-11-8-17(3)9-12-25/h4-7,14,16-17,20H,8-13,15H2,1-3H3. The van der Waals surface area contributed by atoms with Gasteiger partial charge in [0.2, 0.25) is 0 Å². The van der Waals surface area contributed by atoms with Crippen molar-refractivity contribution in [2.75, 3.05) is 26.2 Å². The maximum Gasteiger partial charge on any atom is 0.272 e. The van der Waals surface area contributed by atoms with E-state index in [0.717, 1.165) is 62.1 Å². The molecular weight excluding hydrogens is 350 g/mol. The first-order valence-corrected chi connectivity index (χ1v) is 10.6. The fraction of sp³-hybridized carbons (Fsp3) is 0.565. The average molecular weight is 382 g/mol. The zero-order chi connectivity index (χ0) is 19.7. The fourth-order valence-electron chi connectivity index (χ4n) is 4.18. The van der Waals surface area contributed by atoms with Crippen molar-refractivity contribution in [3.05, 3.63) is 36.0 Å². The minimum Gasteiger partial charge on any atom is -0.489 e. The van der Waals surface area contributed by atoms with Crippen molar-refractivity contribution >= 4 is 16.8 Å². The van der Waals surface area contributed by atoms with Gasteiger partial charge >= 0.3 is 0 Å². The van der Waals surface area contributed by atoms with Crippen molar-refractivity contribution in [1.29, 1.82) is 0 Å². The lowest BCUT2D eigenvalue weighted by molar-refractivity contribution is 0.0691. The van der Waals surface area contributed by atoms with E-state index in [2.05, 4.69) is 30.7 Å². The van der Waals surface area contributed by atoms with Gasteiger partial charge in [-0.1, -0.05) is 13.0 Å². The Balaban J connectivity index is 1.45. The SMILES string of the molecule is CC1CCN(C(=O)c2ccc3cc(OC4CCN(C(C)C)C4)ccc3n2)CC1. The predicted octanol–water partition coefficient (Wildman–Crippen LogP) is 3.97. The molecule has 0 aliphatic carbocycles. The molecule has 0 N–H and O–H groups in total. The molecule has 2 fully saturated rings. The van der Waals surface area contributed by atoms with Crippen LogP contribution in [0.2, 0.25) is 0 Å². The molecule has 2 aliphatic heterocycles. The van der Waals surface area contributed by atoms with E-state index >= 15 is 0 Å². The molecule has 0 bridgehead atoms. The van der Waals surface area contributed by atoms with Crippen molar-refractivity contribution in [2.45, 2.75) is 52.2 Å². The largest absolute Gasteiger partial charge is 0.489 e. The summed E-state index contributed by atoms with van der Waals surface area (Å²) in [6.45, 7) is 10.5. The number of rotatable bonds is 4. The maximum absolute atomic E-state index is 12.8. The van der Waals surface area contributed by atoms with Gasteiger partial charge in [-0.3, -0.25) is 9.69 Å². The first-order valence-electron chi connectivity index (χ1n) is 10.6. The number of pyridine rings is 1. The molecular formula is C23H31N3O2. The van der Waals surface area contributed by atoms with E-state index in [4.69, 9.17) is 4.74 Å². The molecule has 2 aromatic rings. The van der Waals surface area contributed by atoms with E-state index in [1.165, 1.54) is 0 Å². The molecule has 1 unspecified atom stereocenters. The van der Waals surface area contributed by atoms with Crippen LogP contribution >= 0.6 is 0 Å². The van der Waals surface area contributed by atoms with Crippen LogP contribution in [-0.4, -0.2) is 59.0 Å². The summed E-state index contributed by atoms with van der Waals surface area (Å²) in [5.41, 5.74) is 1.39. The number of likely N-dealkylation sites (tertiary alicyclic amines) is 2. The molecule has 2 saturated heterocycles. The van der Waals surface area contributed by atoms with Crippen molar-refractivity contribution in [3.63, 3.8) is 0 Å². The van der Waals surface area contributed by atoms with Gasteiger partial charge in [0.05, 0.1) is 5.52 Å². The zero-order valence-corrected chi connectivity index (χ0v) is 17.2. The summed E-state index contributed by atoms with van der Waals surface area (Å²) in [4.78, 5) is 21.8. The number of carbonyl (C=O) groups excluding carboxylic acids is 1. The normalized spacial score (nSPS) is 21.6. The van der Waals surface area contributed by atoms with Crippen molar-refractivity contribution < 1.29 is 9.53 Å². The first-order chi connectivity index (χ1) is 13.5. The number of benzene rings is 1. The van der Waals surface area contributed by atoms with Gasteiger partial charge < -0.3 is 9.64 Å². The van der Waals surface area contributed by atoms with Crippen LogP contribution < -0.4 is 4.74 Å². The Morgan fingerprint density at radius 2 is 1.89 bits per heavy atom. The minimum absolute atomic E-state index is 0.0499. The van der Waals surface area contributed by atoms with E-state index in [0.29, 0.717) is 17.7 Å². The van der Waals surface area contributed by atoms with Gasteiger partial charge in [-0.05, 0) is 63.3 Å². The van der Waals surface area contributed by atoms with Gasteiger partial charge in [-0.2, -0.15) is 0 Å². The lowest BCUT2D eigenvalue weighted by Gasteiger charge is -2.30. The molecule has 28 heavy (non-hydrogen) atoms. The van der Waals surface area contributed by atoms with Crippen LogP contribution in [0.4, 0.5) is 0 Å². The number of piperidine rings is 1. The lowest BCUT2D eigenvalue weighted by atomic mass is 9.99. The highest BCUT2D eigenvalue weighted by molar-refractivity contribution is 5.95.